The van der Waals surface area contributed by atoms with Crippen LogP contribution in [-0.2, 0) is 0 Å². The Hall–Kier alpha value is -1.34. The van der Waals surface area contributed by atoms with Gasteiger partial charge in [-0.2, -0.15) is 4.39 Å². The third kappa shape index (κ3) is 3.07. The van der Waals surface area contributed by atoms with Crippen molar-refractivity contribution in [3.8, 4) is 17.7 Å². The fourth-order valence-electron chi connectivity index (χ4n) is 0.973. The van der Waals surface area contributed by atoms with E-state index < -0.39 is 11.5 Å². The normalized spacial score (nSPS) is 10.5. The Bertz CT molecular complexity index is 423. The summed E-state index contributed by atoms with van der Waals surface area (Å²) in [6.45, 7) is 5.16. The predicted molar refractivity (Wildman–Crippen MR) is 55.2 cm³/mol. The minimum Gasteiger partial charge on any atom is -0.457 e. The largest absolute Gasteiger partial charge is 0.457 e. The number of rotatable bonds is 2. The van der Waals surface area contributed by atoms with Crippen LogP contribution in [0.1, 0.15) is 20.8 Å². The summed E-state index contributed by atoms with van der Waals surface area (Å²) in [5.74, 6) is 4.70. The lowest BCUT2D eigenvalue weighted by molar-refractivity contribution is 0.163. The number of ether oxygens (including phenoxy) is 1. The molecule has 0 aliphatic carbocycles. The fraction of sp³-hybridized carbons (Fsp3) is 0.400. The van der Waals surface area contributed by atoms with Gasteiger partial charge < -0.3 is 4.74 Å². The molecular formula is C10H10ClFN2O. The van der Waals surface area contributed by atoms with Crippen LogP contribution in [0.4, 0.5) is 4.39 Å². The smallest absolute Gasteiger partial charge is 0.240 e. The van der Waals surface area contributed by atoms with Gasteiger partial charge in [-0.25, -0.2) is 9.97 Å². The summed E-state index contributed by atoms with van der Waals surface area (Å²) >= 11 is 5.63. The van der Waals surface area contributed by atoms with Gasteiger partial charge in [-0.3, -0.25) is 0 Å². The van der Waals surface area contributed by atoms with E-state index in [-0.39, 0.29) is 10.9 Å². The lowest BCUT2D eigenvalue weighted by Crippen LogP contribution is -2.26. The van der Waals surface area contributed by atoms with Gasteiger partial charge in [-0.05, 0) is 20.8 Å². The lowest BCUT2D eigenvalue weighted by atomic mass is 10.1. The maximum absolute atomic E-state index is 12.9. The maximum atomic E-state index is 12.9. The van der Waals surface area contributed by atoms with Crippen LogP contribution in [0, 0.1) is 17.8 Å². The van der Waals surface area contributed by atoms with Crippen molar-refractivity contribution >= 4 is 11.6 Å². The molecule has 3 nitrogen and oxygen atoms in total. The van der Waals surface area contributed by atoms with Crippen molar-refractivity contribution in [1.82, 2.24) is 9.97 Å². The molecular weight excluding hydrogens is 219 g/mol. The third-order valence-corrected chi connectivity index (χ3v) is 1.81. The summed E-state index contributed by atoms with van der Waals surface area (Å²) in [4.78, 5) is 7.02. The van der Waals surface area contributed by atoms with E-state index in [1.165, 1.54) is 0 Å². The second kappa shape index (κ2) is 4.45. The highest BCUT2D eigenvalue weighted by atomic mass is 35.5. The summed E-state index contributed by atoms with van der Waals surface area (Å²) in [6.07, 6.45) is 1.05. The van der Waals surface area contributed by atoms with Crippen molar-refractivity contribution < 1.29 is 9.13 Å². The molecule has 0 bridgehead atoms. The fourth-order valence-corrected chi connectivity index (χ4v) is 1.11. The van der Waals surface area contributed by atoms with Crippen molar-refractivity contribution in [3.63, 3.8) is 0 Å². The van der Waals surface area contributed by atoms with E-state index in [4.69, 9.17) is 16.3 Å². The number of aromatic nitrogens is 2. The van der Waals surface area contributed by atoms with Crippen molar-refractivity contribution in [2.24, 2.45) is 0 Å². The molecule has 0 saturated heterocycles. The highest BCUT2D eigenvalue weighted by molar-refractivity contribution is 6.31. The Morgan fingerprint density at radius 1 is 1.47 bits per heavy atom. The standard InChI is InChI=1S/C10H10ClFN2O/c1-4-5-10(2,3)15-9-7(11)8(12)13-6-14-9/h6H,1-3H3. The molecule has 5 heteroatoms. The van der Waals surface area contributed by atoms with Gasteiger partial charge in [0.05, 0.1) is 0 Å². The Balaban J connectivity index is 2.98. The van der Waals surface area contributed by atoms with Gasteiger partial charge in [0.15, 0.2) is 10.6 Å². The Kier molecular flexibility index (Phi) is 3.48. The zero-order valence-corrected chi connectivity index (χ0v) is 9.39. The lowest BCUT2D eigenvalue weighted by Gasteiger charge is -2.19. The summed E-state index contributed by atoms with van der Waals surface area (Å²) < 4.78 is 18.3. The molecule has 0 amide bonds. The van der Waals surface area contributed by atoms with Gasteiger partial charge in [0, 0.05) is 0 Å². The Morgan fingerprint density at radius 2 is 2.13 bits per heavy atom. The van der Waals surface area contributed by atoms with Gasteiger partial charge in [-0.1, -0.05) is 17.5 Å². The SMILES string of the molecule is CC#CC(C)(C)Oc1ncnc(F)c1Cl. The van der Waals surface area contributed by atoms with Crippen LogP contribution >= 0.6 is 11.6 Å². The Labute approximate surface area is 92.6 Å². The maximum Gasteiger partial charge on any atom is 0.240 e. The first kappa shape index (κ1) is 11.7. The molecule has 0 fully saturated rings. The molecule has 0 aliphatic rings. The predicted octanol–water partition coefficient (Wildman–Crippen LogP) is 2.45. The molecule has 0 N–H and O–H groups in total. The van der Waals surface area contributed by atoms with Crippen LogP contribution in [0.15, 0.2) is 6.33 Å². The highest BCUT2D eigenvalue weighted by Crippen LogP contribution is 2.25. The van der Waals surface area contributed by atoms with Gasteiger partial charge in [-0.15, -0.1) is 5.92 Å². The zero-order chi connectivity index (χ0) is 11.5. The molecule has 0 spiro atoms. The quantitative estimate of drug-likeness (QED) is 0.576. The van der Waals surface area contributed by atoms with E-state index >= 15 is 0 Å². The minimum atomic E-state index is -0.804. The molecule has 0 saturated carbocycles. The molecule has 1 aromatic heterocycles. The number of nitrogens with zero attached hydrogens (tertiary/aromatic N) is 2. The average Bonchev–Trinajstić information content (AvgIpc) is 2.12. The van der Waals surface area contributed by atoms with E-state index in [0.717, 1.165) is 6.33 Å². The first-order valence-corrected chi connectivity index (χ1v) is 4.63. The number of hydrogen-bond donors (Lipinski definition) is 0. The first-order valence-electron chi connectivity index (χ1n) is 4.25. The summed E-state index contributed by atoms with van der Waals surface area (Å²) in [5.41, 5.74) is -0.765. The van der Waals surface area contributed by atoms with E-state index in [9.17, 15) is 4.39 Å². The topological polar surface area (TPSA) is 35.0 Å². The van der Waals surface area contributed by atoms with E-state index in [1.54, 1.807) is 20.8 Å². The zero-order valence-electron chi connectivity index (χ0n) is 8.64. The highest BCUT2D eigenvalue weighted by Gasteiger charge is 2.20. The summed E-state index contributed by atoms with van der Waals surface area (Å²) in [6, 6.07) is 0. The molecule has 80 valence electrons. The second-order valence-electron chi connectivity index (χ2n) is 3.27. The number of hydrogen-bond acceptors (Lipinski definition) is 3. The van der Waals surface area contributed by atoms with Gasteiger partial charge >= 0.3 is 0 Å². The second-order valence-corrected chi connectivity index (χ2v) is 3.65. The van der Waals surface area contributed by atoms with E-state index in [2.05, 4.69) is 21.8 Å². The monoisotopic (exact) mass is 228 g/mol. The first-order chi connectivity index (χ1) is 6.96. The molecule has 0 radical (unpaired) electrons. The van der Waals surface area contributed by atoms with Crippen LogP contribution in [0.5, 0.6) is 5.88 Å². The summed E-state index contributed by atoms with van der Waals surface area (Å²) in [5, 5.41) is -0.233. The van der Waals surface area contributed by atoms with Crippen molar-refractivity contribution in [3.05, 3.63) is 17.3 Å². The van der Waals surface area contributed by atoms with Crippen molar-refractivity contribution in [2.45, 2.75) is 26.4 Å². The van der Waals surface area contributed by atoms with Crippen LogP contribution in [0.3, 0.4) is 0 Å². The molecule has 0 unspecified atom stereocenters. The number of halogens is 2. The van der Waals surface area contributed by atoms with Gasteiger partial charge in [0.1, 0.15) is 6.33 Å². The van der Waals surface area contributed by atoms with Gasteiger partial charge in [0.25, 0.3) is 0 Å². The van der Waals surface area contributed by atoms with Crippen LogP contribution in [0.25, 0.3) is 0 Å². The molecule has 1 heterocycles. The van der Waals surface area contributed by atoms with Crippen molar-refractivity contribution in [2.75, 3.05) is 0 Å². The summed E-state index contributed by atoms with van der Waals surface area (Å²) in [7, 11) is 0. The molecule has 0 atom stereocenters. The molecule has 1 aromatic rings. The van der Waals surface area contributed by atoms with E-state index in [0.29, 0.717) is 0 Å². The Morgan fingerprint density at radius 3 is 2.73 bits per heavy atom. The van der Waals surface area contributed by atoms with Crippen LogP contribution < -0.4 is 4.74 Å². The molecule has 0 aromatic carbocycles. The molecule has 15 heavy (non-hydrogen) atoms. The van der Waals surface area contributed by atoms with E-state index in [1.807, 2.05) is 0 Å². The average molecular weight is 229 g/mol. The van der Waals surface area contributed by atoms with Crippen LogP contribution in [-0.4, -0.2) is 15.6 Å². The van der Waals surface area contributed by atoms with Gasteiger partial charge in [0.2, 0.25) is 11.8 Å². The molecule has 0 aliphatic heterocycles. The van der Waals surface area contributed by atoms with Crippen molar-refractivity contribution in [1.29, 1.82) is 0 Å². The minimum absolute atomic E-state index is 0.00285. The van der Waals surface area contributed by atoms with Crippen LogP contribution in [0.2, 0.25) is 5.02 Å². The third-order valence-electron chi connectivity index (χ3n) is 1.49. The molecule has 1 rings (SSSR count).